The number of nitrogens with one attached hydrogen (secondary N) is 1. The highest BCUT2D eigenvalue weighted by molar-refractivity contribution is 5.95. The first-order chi connectivity index (χ1) is 9.15. The van der Waals surface area contributed by atoms with Crippen LogP contribution in [0, 0.1) is 19.8 Å². The SMILES string of the molecule is Cc1ncc(C(=O)NC(C)(CC(=O)O)C(C)C)c(C)n1. The van der Waals surface area contributed by atoms with Crippen molar-refractivity contribution in [3.05, 3.63) is 23.3 Å². The summed E-state index contributed by atoms with van der Waals surface area (Å²) >= 11 is 0. The molecule has 0 bridgehead atoms. The number of rotatable bonds is 5. The monoisotopic (exact) mass is 279 g/mol. The van der Waals surface area contributed by atoms with E-state index >= 15 is 0 Å². The van der Waals surface area contributed by atoms with Gasteiger partial charge in [0.25, 0.3) is 5.91 Å². The standard InChI is InChI=1S/C14H21N3O3/c1-8(2)14(5,6-12(18)19)17-13(20)11-7-15-10(4)16-9(11)3/h7-8H,6H2,1-5H3,(H,17,20)(H,18,19). The van der Waals surface area contributed by atoms with Gasteiger partial charge in [-0.05, 0) is 26.7 Å². The lowest BCUT2D eigenvalue weighted by Crippen LogP contribution is -2.51. The van der Waals surface area contributed by atoms with Gasteiger partial charge in [0.1, 0.15) is 5.82 Å². The van der Waals surface area contributed by atoms with Gasteiger partial charge >= 0.3 is 5.97 Å². The van der Waals surface area contributed by atoms with E-state index in [4.69, 9.17) is 5.11 Å². The number of hydrogen-bond acceptors (Lipinski definition) is 4. The van der Waals surface area contributed by atoms with Crippen LogP contribution >= 0.6 is 0 Å². The van der Waals surface area contributed by atoms with Crippen LogP contribution in [0.2, 0.25) is 0 Å². The van der Waals surface area contributed by atoms with Gasteiger partial charge in [-0.1, -0.05) is 13.8 Å². The third kappa shape index (κ3) is 3.76. The maximum atomic E-state index is 12.3. The van der Waals surface area contributed by atoms with Crippen molar-refractivity contribution in [1.29, 1.82) is 0 Å². The topological polar surface area (TPSA) is 92.2 Å². The number of aromatic nitrogens is 2. The highest BCUT2D eigenvalue weighted by Crippen LogP contribution is 2.21. The van der Waals surface area contributed by atoms with Crippen LogP contribution in [-0.2, 0) is 4.79 Å². The Morgan fingerprint density at radius 1 is 1.40 bits per heavy atom. The van der Waals surface area contributed by atoms with Gasteiger partial charge in [0.15, 0.2) is 0 Å². The second kappa shape index (κ2) is 5.98. The summed E-state index contributed by atoms with van der Waals surface area (Å²) in [5.74, 6) is -0.719. The normalized spacial score (nSPS) is 13.9. The first-order valence-corrected chi connectivity index (χ1v) is 6.50. The molecule has 1 unspecified atom stereocenters. The summed E-state index contributed by atoms with van der Waals surface area (Å²) < 4.78 is 0. The zero-order chi connectivity index (χ0) is 15.5. The molecule has 1 atom stereocenters. The average Bonchev–Trinajstić information content (AvgIpc) is 2.26. The van der Waals surface area contributed by atoms with Crippen molar-refractivity contribution >= 4 is 11.9 Å². The van der Waals surface area contributed by atoms with Gasteiger partial charge in [-0.25, -0.2) is 9.97 Å². The maximum Gasteiger partial charge on any atom is 0.305 e. The molecule has 0 saturated carbocycles. The molecule has 1 rings (SSSR count). The number of aryl methyl sites for hydroxylation is 2. The summed E-state index contributed by atoms with van der Waals surface area (Å²) in [6.45, 7) is 8.96. The third-order valence-electron chi connectivity index (χ3n) is 3.54. The zero-order valence-electron chi connectivity index (χ0n) is 12.5. The molecule has 0 aliphatic carbocycles. The fourth-order valence-electron chi connectivity index (χ4n) is 1.84. The van der Waals surface area contributed by atoms with Gasteiger partial charge in [-0.15, -0.1) is 0 Å². The number of carboxylic acid groups (broad SMARTS) is 1. The molecule has 0 saturated heterocycles. The largest absolute Gasteiger partial charge is 0.481 e. The maximum absolute atomic E-state index is 12.3. The molecule has 0 fully saturated rings. The first kappa shape index (κ1) is 16.1. The lowest BCUT2D eigenvalue weighted by molar-refractivity contribution is -0.138. The summed E-state index contributed by atoms with van der Waals surface area (Å²) in [6, 6.07) is 0. The molecule has 1 aromatic heterocycles. The molecule has 6 heteroatoms. The van der Waals surface area contributed by atoms with E-state index in [1.165, 1.54) is 6.20 Å². The summed E-state index contributed by atoms with van der Waals surface area (Å²) in [7, 11) is 0. The van der Waals surface area contributed by atoms with Crippen molar-refractivity contribution < 1.29 is 14.7 Å². The van der Waals surface area contributed by atoms with Crippen molar-refractivity contribution in [2.45, 2.75) is 46.6 Å². The van der Waals surface area contributed by atoms with Crippen molar-refractivity contribution in [1.82, 2.24) is 15.3 Å². The summed E-state index contributed by atoms with van der Waals surface area (Å²) in [5, 5.41) is 11.8. The molecule has 20 heavy (non-hydrogen) atoms. The van der Waals surface area contributed by atoms with Crippen molar-refractivity contribution in [2.24, 2.45) is 5.92 Å². The molecule has 0 spiro atoms. The van der Waals surface area contributed by atoms with Gasteiger partial charge in [0.05, 0.1) is 23.2 Å². The van der Waals surface area contributed by atoms with E-state index in [1.807, 2.05) is 13.8 Å². The van der Waals surface area contributed by atoms with E-state index in [0.717, 1.165) is 0 Å². The van der Waals surface area contributed by atoms with Crippen molar-refractivity contribution in [3.63, 3.8) is 0 Å². The zero-order valence-corrected chi connectivity index (χ0v) is 12.5. The molecule has 110 valence electrons. The Labute approximate surface area is 118 Å². The molecule has 2 N–H and O–H groups in total. The van der Waals surface area contributed by atoms with Gasteiger partial charge in [-0.3, -0.25) is 9.59 Å². The Morgan fingerprint density at radius 3 is 2.45 bits per heavy atom. The highest BCUT2D eigenvalue weighted by Gasteiger charge is 2.33. The lowest BCUT2D eigenvalue weighted by Gasteiger charge is -2.33. The second-order valence-electron chi connectivity index (χ2n) is 5.51. The van der Waals surface area contributed by atoms with Gasteiger partial charge in [0.2, 0.25) is 0 Å². The number of nitrogens with zero attached hydrogens (tertiary/aromatic N) is 2. The van der Waals surface area contributed by atoms with Crippen LogP contribution in [0.4, 0.5) is 0 Å². The predicted molar refractivity (Wildman–Crippen MR) is 74.5 cm³/mol. The Kier molecular flexibility index (Phi) is 4.81. The highest BCUT2D eigenvalue weighted by atomic mass is 16.4. The second-order valence-corrected chi connectivity index (χ2v) is 5.51. The first-order valence-electron chi connectivity index (χ1n) is 6.50. The number of hydrogen-bond donors (Lipinski definition) is 2. The molecule has 0 aliphatic rings. The Morgan fingerprint density at radius 2 is 2.00 bits per heavy atom. The number of carbonyl (C=O) groups excluding carboxylic acids is 1. The summed E-state index contributed by atoms with van der Waals surface area (Å²) in [4.78, 5) is 31.4. The van der Waals surface area contributed by atoms with Crippen LogP contribution in [0.1, 0.15) is 49.1 Å². The van der Waals surface area contributed by atoms with Gasteiger partial charge in [-0.2, -0.15) is 0 Å². The van der Waals surface area contributed by atoms with Crippen LogP contribution in [0.5, 0.6) is 0 Å². The minimum atomic E-state index is -0.946. The third-order valence-corrected chi connectivity index (χ3v) is 3.54. The quantitative estimate of drug-likeness (QED) is 0.856. The molecular formula is C14H21N3O3. The van der Waals surface area contributed by atoms with Crippen LogP contribution in [0.15, 0.2) is 6.20 Å². The molecule has 0 radical (unpaired) electrons. The summed E-state index contributed by atoms with van der Waals surface area (Å²) in [5.41, 5.74) is 0.129. The van der Waals surface area contributed by atoms with Gasteiger partial charge in [0, 0.05) is 6.20 Å². The molecule has 1 aromatic rings. The molecule has 0 aliphatic heterocycles. The molecule has 0 aromatic carbocycles. The van der Waals surface area contributed by atoms with E-state index < -0.39 is 11.5 Å². The van der Waals surface area contributed by atoms with Crippen LogP contribution in [0.25, 0.3) is 0 Å². The Balaban J connectivity index is 2.99. The number of carbonyl (C=O) groups is 2. The number of carboxylic acids is 1. The van der Waals surface area contributed by atoms with Crippen molar-refractivity contribution in [3.8, 4) is 0 Å². The van der Waals surface area contributed by atoms with E-state index in [2.05, 4.69) is 15.3 Å². The summed E-state index contributed by atoms with van der Waals surface area (Å²) in [6.07, 6.45) is 1.33. The molecule has 6 nitrogen and oxygen atoms in total. The Bertz CT molecular complexity index is 528. The molecule has 1 amide bonds. The number of aliphatic carboxylic acids is 1. The Hall–Kier alpha value is -1.98. The smallest absolute Gasteiger partial charge is 0.305 e. The van der Waals surface area contributed by atoms with Crippen LogP contribution in [-0.4, -0.2) is 32.5 Å². The van der Waals surface area contributed by atoms with E-state index in [-0.39, 0.29) is 18.2 Å². The van der Waals surface area contributed by atoms with Crippen LogP contribution in [0.3, 0.4) is 0 Å². The molecular weight excluding hydrogens is 258 g/mol. The number of amides is 1. The van der Waals surface area contributed by atoms with Crippen molar-refractivity contribution in [2.75, 3.05) is 0 Å². The van der Waals surface area contributed by atoms with E-state index in [9.17, 15) is 9.59 Å². The average molecular weight is 279 g/mol. The lowest BCUT2D eigenvalue weighted by atomic mass is 9.85. The minimum absolute atomic E-state index is 0.0192. The molecule has 1 heterocycles. The van der Waals surface area contributed by atoms with Gasteiger partial charge < -0.3 is 10.4 Å². The predicted octanol–water partition coefficient (Wildman–Crippen LogP) is 1.71. The fourth-order valence-corrected chi connectivity index (χ4v) is 1.84. The van der Waals surface area contributed by atoms with Crippen LogP contribution < -0.4 is 5.32 Å². The fraction of sp³-hybridized carbons (Fsp3) is 0.571. The van der Waals surface area contributed by atoms with E-state index in [1.54, 1.807) is 20.8 Å². The van der Waals surface area contributed by atoms with E-state index in [0.29, 0.717) is 17.1 Å². The minimum Gasteiger partial charge on any atom is -0.481 e.